The van der Waals surface area contributed by atoms with E-state index in [4.69, 9.17) is 4.42 Å². The second-order valence-electron chi connectivity index (χ2n) is 5.22. The van der Waals surface area contributed by atoms with Crippen LogP contribution in [-0.4, -0.2) is 35.4 Å². The van der Waals surface area contributed by atoms with Crippen molar-refractivity contribution in [3.63, 3.8) is 0 Å². The van der Waals surface area contributed by atoms with Gasteiger partial charge in [-0.2, -0.15) is 0 Å². The fraction of sp³-hybridized carbons (Fsp3) is 0.400. The molecule has 1 amide bonds. The lowest BCUT2D eigenvalue weighted by molar-refractivity contribution is 0.0929. The zero-order valence-electron chi connectivity index (χ0n) is 11.6. The normalized spacial score (nSPS) is 17.0. The summed E-state index contributed by atoms with van der Waals surface area (Å²) in [6.45, 7) is 2.65. The highest BCUT2D eigenvalue weighted by molar-refractivity contribution is 9.10. The number of nitrogens with one attached hydrogen (secondary N) is 2. The van der Waals surface area contributed by atoms with Gasteiger partial charge in [-0.1, -0.05) is 0 Å². The molecule has 0 bridgehead atoms. The molecule has 1 unspecified atom stereocenters. The third kappa shape index (κ3) is 3.39. The second-order valence-corrected chi connectivity index (χ2v) is 6.13. The second kappa shape index (κ2) is 6.49. The highest BCUT2D eigenvalue weighted by atomic mass is 79.9. The minimum Gasteiger partial charge on any atom is -0.468 e. The number of carbonyl (C=O) groups is 1. The van der Waals surface area contributed by atoms with E-state index < -0.39 is 0 Å². The number of halogens is 1. The molecule has 1 aliphatic rings. The number of furan rings is 1. The molecule has 6 heteroatoms. The maximum atomic E-state index is 12.1. The van der Waals surface area contributed by atoms with Crippen LogP contribution in [0.25, 0.3) is 0 Å². The van der Waals surface area contributed by atoms with Crippen LogP contribution < -0.4 is 5.32 Å². The first kappa shape index (κ1) is 14.4. The summed E-state index contributed by atoms with van der Waals surface area (Å²) in [5.41, 5.74) is 0.557. The Balaban J connectivity index is 1.66. The number of aromatic amines is 1. The van der Waals surface area contributed by atoms with Crippen LogP contribution in [0.5, 0.6) is 0 Å². The minimum absolute atomic E-state index is 0.101. The van der Waals surface area contributed by atoms with Crippen LogP contribution in [0.15, 0.2) is 39.5 Å². The summed E-state index contributed by atoms with van der Waals surface area (Å²) in [6.07, 6.45) is 5.84. The molecule has 21 heavy (non-hydrogen) atoms. The number of nitrogens with zero attached hydrogens (tertiary/aromatic N) is 1. The number of amides is 1. The van der Waals surface area contributed by atoms with Gasteiger partial charge in [-0.3, -0.25) is 9.69 Å². The summed E-state index contributed by atoms with van der Waals surface area (Å²) in [6, 6.07) is 5.74. The molecule has 5 nitrogen and oxygen atoms in total. The summed E-state index contributed by atoms with van der Waals surface area (Å²) in [7, 11) is 0. The van der Waals surface area contributed by atoms with E-state index in [1.54, 1.807) is 18.5 Å². The van der Waals surface area contributed by atoms with Gasteiger partial charge in [0.1, 0.15) is 11.5 Å². The van der Waals surface area contributed by atoms with Gasteiger partial charge in [0.2, 0.25) is 0 Å². The van der Waals surface area contributed by atoms with Crippen molar-refractivity contribution in [3.05, 3.63) is 46.6 Å². The topological polar surface area (TPSA) is 61.3 Å². The molecule has 2 aromatic rings. The summed E-state index contributed by atoms with van der Waals surface area (Å²) < 4.78 is 6.41. The van der Waals surface area contributed by atoms with Crippen molar-refractivity contribution in [1.29, 1.82) is 0 Å². The summed E-state index contributed by atoms with van der Waals surface area (Å²) >= 11 is 3.33. The Morgan fingerprint density at radius 3 is 2.90 bits per heavy atom. The molecule has 0 aliphatic carbocycles. The van der Waals surface area contributed by atoms with Crippen LogP contribution in [0.2, 0.25) is 0 Å². The van der Waals surface area contributed by atoms with Crippen molar-refractivity contribution in [2.45, 2.75) is 18.9 Å². The predicted molar refractivity (Wildman–Crippen MR) is 83.1 cm³/mol. The Kier molecular flexibility index (Phi) is 4.45. The number of carbonyl (C=O) groups excluding carboxylic acids is 1. The Morgan fingerprint density at radius 2 is 2.29 bits per heavy atom. The number of rotatable bonds is 5. The Labute approximate surface area is 131 Å². The molecule has 1 fully saturated rings. The van der Waals surface area contributed by atoms with Crippen LogP contribution >= 0.6 is 15.9 Å². The van der Waals surface area contributed by atoms with Crippen molar-refractivity contribution in [1.82, 2.24) is 15.2 Å². The van der Waals surface area contributed by atoms with E-state index in [0.29, 0.717) is 12.2 Å². The Morgan fingerprint density at radius 1 is 1.48 bits per heavy atom. The van der Waals surface area contributed by atoms with E-state index in [1.807, 2.05) is 12.1 Å². The lowest BCUT2D eigenvalue weighted by Crippen LogP contribution is -2.36. The number of hydrogen-bond donors (Lipinski definition) is 2. The van der Waals surface area contributed by atoms with Gasteiger partial charge in [0.15, 0.2) is 0 Å². The van der Waals surface area contributed by atoms with Gasteiger partial charge >= 0.3 is 0 Å². The van der Waals surface area contributed by atoms with E-state index in [2.05, 4.69) is 31.1 Å². The third-order valence-electron chi connectivity index (χ3n) is 3.80. The third-order valence-corrected chi connectivity index (χ3v) is 4.26. The quantitative estimate of drug-likeness (QED) is 0.870. The molecular weight excluding hydrogens is 334 g/mol. The molecular formula is C15H18BrN3O2. The fourth-order valence-corrected chi connectivity index (χ4v) is 3.07. The molecule has 1 saturated heterocycles. The van der Waals surface area contributed by atoms with Gasteiger partial charge in [0, 0.05) is 17.2 Å². The molecule has 0 spiro atoms. The first-order valence-corrected chi connectivity index (χ1v) is 7.93. The average Bonchev–Trinajstić information content (AvgIpc) is 3.21. The average molecular weight is 352 g/mol. The molecule has 3 heterocycles. The summed E-state index contributed by atoms with van der Waals surface area (Å²) in [4.78, 5) is 17.4. The van der Waals surface area contributed by atoms with E-state index >= 15 is 0 Å². The predicted octanol–water partition coefficient (Wildman–Crippen LogP) is 2.94. The largest absolute Gasteiger partial charge is 0.468 e. The zero-order valence-corrected chi connectivity index (χ0v) is 13.2. The Hall–Kier alpha value is -1.53. The van der Waals surface area contributed by atoms with Gasteiger partial charge in [0.05, 0.1) is 12.3 Å². The minimum atomic E-state index is -0.101. The van der Waals surface area contributed by atoms with Crippen LogP contribution in [0.1, 0.15) is 35.1 Å². The van der Waals surface area contributed by atoms with E-state index in [9.17, 15) is 4.79 Å². The van der Waals surface area contributed by atoms with Crippen LogP contribution in [0.4, 0.5) is 0 Å². The molecule has 0 saturated carbocycles. The van der Waals surface area contributed by atoms with Crippen molar-refractivity contribution in [3.8, 4) is 0 Å². The first-order valence-electron chi connectivity index (χ1n) is 7.13. The summed E-state index contributed by atoms with van der Waals surface area (Å²) in [5, 5.41) is 2.98. The lowest BCUT2D eigenvalue weighted by Gasteiger charge is -2.25. The highest BCUT2D eigenvalue weighted by Crippen LogP contribution is 2.25. The van der Waals surface area contributed by atoms with Crippen molar-refractivity contribution in [2.24, 2.45) is 0 Å². The number of aromatic nitrogens is 1. The maximum absolute atomic E-state index is 12.1. The molecule has 0 radical (unpaired) electrons. The van der Waals surface area contributed by atoms with Gasteiger partial charge in [-0.05, 0) is 60.1 Å². The molecule has 1 atom stereocenters. The lowest BCUT2D eigenvalue weighted by atomic mass is 10.2. The van der Waals surface area contributed by atoms with E-state index in [1.165, 1.54) is 12.8 Å². The van der Waals surface area contributed by atoms with Crippen molar-refractivity contribution < 1.29 is 9.21 Å². The number of H-pyrrole nitrogens is 1. The van der Waals surface area contributed by atoms with Gasteiger partial charge in [0.25, 0.3) is 5.91 Å². The molecule has 3 rings (SSSR count). The zero-order chi connectivity index (χ0) is 14.7. The van der Waals surface area contributed by atoms with Crippen LogP contribution in [0, 0.1) is 0 Å². The fourth-order valence-electron chi connectivity index (χ4n) is 2.73. The maximum Gasteiger partial charge on any atom is 0.267 e. The SMILES string of the molecule is O=C(NCC(c1ccco1)N1CCCC1)c1cc(Br)c[nH]1. The van der Waals surface area contributed by atoms with Crippen LogP contribution in [-0.2, 0) is 0 Å². The molecule has 2 aromatic heterocycles. The number of likely N-dealkylation sites (tertiary alicyclic amines) is 1. The van der Waals surface area contributed by atoms with Crippen LogP contribution in [0.3, 0.4) is 0 Å². The smallest absolute Gasteiger partial charge is 0.267 e. The van der Waals surface area contributed by atoms with Crippen molar-refractivity contribution in [2.75, 3.05) is 19.6 Å². The number of hydrogen-bond acceptors (Lipinski definition) is 3. The first-order chi connectivity index (χ1) is 10.2. The van der Waals surface area contributed by atoms with Gasteiger partial charge in [-0.15, -0.1) is 0 Å². The molecule has 112 valence electrons. The Bertz CT molecular complexity index is 588. The monoisotopic (exact) mass is 351 g/mol. The standard InChI is InChI=1S/C15H18BrN3O2/c16-11-8-12(17-9-11)15(20)18-10-13(14-4-3-7-21-14)19-5-1-2-6-19/h3-4,7-9,13,17H,1-2,5-6,10H2,(H,18,20). The van der Waals surface area contributed by atoms with Gasteiger partial charge < -0.3 is 14.7 Å². The molecule has 1 aliphatic heterocycles. The molecule has 2 N–H and O–H groups in total. The van der Waals surface area contributed by atoms with E-state index in [0.717, 1.165) is 23.3 Å². The summed E-state index contributed by atoms with van der Waals surface area (Å²) in [5.74, 6) is 0.807. The van der Waals surface area contributed by atoms with Crippen molar-refractivity contribution >= 4 is 21.8 Å². The highest BCUT2D eigenvalue weighted by Gasteiger charge is 2.26. The molecule has 0 aromatic carbocycles. The van der Waals surface area contributed by atoms with E-state index in [-0.39, 0.29) is 11.9 Å². The van der Waals surface area contributed by atoms with Gasteiger partial charge in [-0.25, -0.2) is 0 Å².